The van der Waals surface area contributed by atoms with E-state index in [1.54, 1.807) is 0 Å². The van der Waals surface area contributed by atoms with Crippen molar-refractivity contribution in [2.45, 2.75) is 45.6 Å². The lowest BCUT2D eigenvalue weighted by atomic mass is 9.74. The van der Waals surface area contributed by atoms with Crippen molar-refractivity contribution >= 4 is 5.91 Å². The number of hydrogen-bond acceptors (Lipinski definition) is 2. The molecule has 3 N–H and O–H groups in total. The van der Waals surface area contributed by atoms with Crippen LogP contribution in [0.3, 0.4) is 0 Å². The summed E-state index contributed by atoms with van der Waals surface area (Å²) in [6, 6.07) is 0. The van der Waals surface area contributed by atoms with Crippen molar-refractivity contribution < 1.29 is 9.90 Å². The first-order valence-electron chi connectivity index (χ1n) is 5.38. The van der Waals surface area contributed by atoms with Gasteiger partial charge in [-0.15, -0.1) is 0 Å². The predicted octanol–water partition coefficient (Wildman–Crippen LogP) is 1.05. The van der Waals surface area contributed by atoms with Gasteiger partial charge in [0, 0.05) is 0 Å². The van der Waals surface area contributed by atoms with Crippen LogP contribution in [0.15, 0.2) is 0 Å². The van der Waals surface area contributed by atoms with Gasteiger partial charge in [0.2, 0.25) is 5.91 Å². The summed E-state index contributed by atoms with van der Waals surface area (Å²) >= 11 is 0. The Morgan fingerprint density at radius 1 is 1.50 bits per heavy atom. The number of rotatable bonds is 1. The van der Waals surface area contributed by atoms with E-state index in [-0.39, 0.29) is 23.3 Å². The molecule has 0 aromatic rings. The molecular formula is C11H19NO2. The van der Waals surface area contributed by atoms with Crippen LogP contribution in [0.4, 0.5) is 0 Å². The zero-order valence-corrected chi connectivity index (χ0v) is 8.92. The molecule has 2 aliphatic rings. The molecule has 4 atom stereocenters. The van der Waals surface area contributed by atoms with Crippen molar-refractivity contribution in [3.05, 3.63) is 0 Å². The molecule has 0 aromatic carbocycles. The number of amides is 1. The van der Waals surface area contributed by atoms with E-state index in [1.165, 1.54) is 0 Å². The zero-order valence-electron chi connectivity index (χ0n) is 8.92. The summed E-state index contributed by atoms with van der Waals surface area (Å²) in [5.41, 5.74) is 4.90. The molecule has 2 aliphatic carbocycles. The van der Waals surface area contributed by atoms with Crippen LogP contribution in [0.25, 0.3) is 0 Å². The molecule has 0 saturated heterocycles. The van der Waals surface area contributed by atoms with Gasteiger partial charge < -0.3 is 10.8 Å². The third kappa shape index (κ3) is 1.05. The van der Waals surface area contributed by atoms with E-state index < -0.39 is 5.41 Å². The van der Waals surface area contributed by atoms with Crippen molar-refractivity contribution in [1.29, 1.82) is 0 Å². The minimum absolute atomic E-state index is 0.0767. The Hall–Kier alpha value is -0.570. The highest BCUT2D eigenvalue weighted by molar-refractivity contribution is 5.81. The number of carbonyl (C=O) groups excluding carboxylic acids is 1. The molecule has 0 aliphatic heterocycles. The Bertz CT molecular complexity index is 278. The van der Waals surface area contributed by atoms with Gasteiger partial charge in [0.1, 0.15) is 0 Å². The van der Waals surface area contributed by atoms with Crippen molar-refractivity contribution in [3.63, 3.8) is 0 Å². The minimum atomic E-state index is -0.481. The molecule has 0 heterocycles. The van der Waals surface area contributed by atoms with Crippen LogP contribution < -0.4 is 5.73 Å². The number of carbonyl (C=O) groups is 1. The topological polar surface area (TPSA) is 63.3 Å². The highest BCUT2D eigenvalue weighted by Gasteiger charge is 2.60. The molecule has 1 amide bonds. The van der Waals surface area contributed by atoms with Gasteiger partial charge in [-0.2, -0.15) is 0 Å². The van der Waals surface area contributed by atoms with Gasteiger partial charge in [0.25, 0.3) is 0 Å². The Balaban J connectivity index is 2.38. The second-order valence-corrected chi connectivity index (χ2v) is 5.56. The van der Waals surface area contributed by atoms with E-state index in [0.717, 1.165) is 25.7 Å². The number of hydrogen-bond donors (Lipinski definition) is 2. The maximum Gasteiger partial charge on any atom is 0.223 e. The largest absolute Gasteiger partial charge is 0.392 e. The molecule has 2 rings (SSSR count). The number of aliphatic hydroxyl groups excluding tert-OH is 1. The molecule has 0 spiro atoms. The molecule has 3 nitrogen and oxygen atoms in total. The third-order valence-corrected chi connectivity index (χ3v) is 4.51. The fourth-order valence-electron chi connectivity index (χ4n) is 3.62. The van der Waals surface area contributed by atoms with E-state index in [0.29, 0.717) is 0 Å². The zero-order chi connectivity index (χ0) is 10.6. The van der Waals surface area contributed by atoms with Gasteiger partial charge in [0.15, 0.2) is 0 Å². The van der Waals surface area contributed by atoms with Gasteiger partial charge in [-0.05, 0) is 30.6 Å². The summed E-state index contributed by atoms with van der Waals surface area (Å²) in [4.78, 5) is 11.5. The summed E-state index contributed by atoms with van der Waals surface area (Å²) in [6.07, 6.45) is 3.49. The van der Waals surface area contributed by atoms with Gasteiger partial charge in [-0.3, -0.25) is 4.79 Å². The van der Waals surface area contributed by atoms with Gasteiger partial charge in [-0.25, -0.2) is 0 Å². The van der Waals surface area contributed by atoms with Crippen LogP contribution in [0.1, 0.15) is 39.5 Å². The maximum absolute atomic E-state index is 11.5. The number of nitrogens with two attached hydrogens (primary N) is 1. The van der Waals surface area contributed by atoms with E-state index in [9.17, 15) is 9.90 Å². The summed E-state index contributed by atoms with van der Waals surface area (Å²) in [5, 5.41) is 10.1. The molecule has 2 saturated carbocycles. The summed E-state index contributed by atoms with van der Waals surface area (Å²) in [6.45, 7) is 4.00. The van der Waals surface area contributed by atoms with Crippen LogP contribution in [0.2, 0.25) is 0 Å². The lowest BCUT2D eigenvalue weighted by molar-refractivity contribution is -0.130. The molecule has 2 fully saturated rings. The van der Waals surface area contributed by atoms with Crippen LogP contribution in [-0.4, -0.2) is 17.1 Å². The third-order valence-electron chi connectivity index (χ3n) is 4.51. The highest BCUT2D eigenvalue weighted by Crippen LogP contribution is 2.59. The van der Waals surface area contributed by atoms with Crippen molar-refractivity contribution in [3.8, 4) is 0 Å². The monoisotopic (exact) mass is 197 g/mol. The molecule has 80 valence electrons. The van der Waals surface area contributed by atoms with Gasteiger partial charge in [0.05, 0.1) is 11.5 Å². The summed E-state index contributed by atoms with van der Waals surface area (Å²) in [7, 11) is 0. The van der Waals surface area contributed by atoms with Crippen LogP contribution in [0, 0.1) is 16.7 Å². The van der Waals surface area contributed by atoms with Crippen LogP contribution in [-0.2, 0) is 4.79 Å². The van der Waals surface area contributed by atoms with Gasteiger partial charge >= 0.3 is 0 Å². The predicted molar refractivity (Wildman–Crippen MR) is 53.4 cm³/mol. The Kier molecular flexibility index (Phi) is 1.94. The maximum atomic E-state index is 11.5. The molecular weight excluding hydrogens is 178 g/mol. The van der Waals surface area contributed by atoms with E-state index in [2.05, 4.69) is 6.92 Å². The molecule has 0 radical (unpaired) electrons. The Morgan fingerprint density at radius 2 is 2.14 bits per heavy atom. The summed E-state index contributed by atoms with van der Waals surface area (Å²) < 4.78 is 0. The molecule has 4 unspecified atom stereocenters. The smallest absolute Gasteiger partial charge is 0.223 e. The quantitative estimate of drug-likeness (QED) is 0.660. The molecule has 14 heavy (non-hydrogen) atoms. The Morgan fingerprint density at radius 3 is 2.64 bits per heavy atom. The number of aliphatic hydroxyl groups is 1. The number of primary amides is 1. The van der Waals surface area contributed by atoms with Crippen LogP contribution >= 0.6 is 0 Å². The van der Waals surface area contributed by atoms with Crippen molar-refractivity contribution in [2.24, 2.45) is 22.5 Å². The van der Waals surface area contributed by atoms with Crippen LogP contribution in [0.5, 0.6) is 0 Å². The lowest BCUT2D eigenvalue weighted by Crippen LogP contribution is -2.41. The van der Waals surface area contributed by atoms with Gasteiger partial charge in [-0.1, -0.05) is 20.3 Å². The second kappa shape index (κ2) is 2.72. The lowest BCUT2D eigenvalue weighted by Gasteiger charge is -2.35. The highest BCUT2D eigenvalue weighted by atomic mass is 16.3. The first-order valence-corrected chi connectivity index (χ1v) is 5.38. The minimum Gasteiger partial charge on any atom is -0.392 e. The SMILES string of the molecule is CC12CCCC(C1O)C(C)(C(N)=O)C2. The molecule has 3 heteroatoms. The first kappa shape index (κ1) is 9.97. The van der Waals surface area contributed by atoms with E-state index in [1.807, 2.05) is 6.92 Å². The molecule has 2 bridgehead atoms. The summed E-state index contributed by atoms with van der Waals surface area (Å²) in [5.74, 6) is -0.161. The average Bonchev–Trinajstić information content (AvgIpc) is 2.23. The van der Waals surface area contributed by atoms with E-state index in [4.69, 9.17) is 5.73 Å². The fourth-order valence-corrected chi connectivity index (χ4v) is 3.62. The van der Waals surface area contributed by atoms with Crippen molar-refractivity contribution in [1.82, 2.24) is 0 Å². The fraction of sp³-hybridized carbons (Fsp3) is 0.909. The second-order valence-electron chi connectivity index (χ2n) is 5.56. The first-order chi connectivity index (χ1) is 6.40. The van der Waals surface area contributed by atoms with Crippen molar-refractivity contribution in [2.75, 3.05) is 0 Å². The molecule has 0 aromatic heterocycles. The normalized spacial score (nSPS) is 51.9. The van der Waals surface area contributed by atoms with E-state index >= 15 is 0 Å². The Labute approximate surface area is 84.7 Å². The number of fused-ring (bicyclic) bond motifs is 2. The standard InChI is InChI=1S/C11H19NO2/c1-10-5-3-4-7(8(10)13)11(2,6-10)9(12)14/h7-8,13H,3-6H2,1-2H3,(H2,12,14). The average molecular weight is 197 g/mol.